The maximum Gasteiger partial charge on any atom is 0.154 e. The van der Waals surface area contributed by atoms with Crippen molar-refractivity contribution in [2.24, 2.45) is 11.8 Å². The highest BCUT2D eigenvalue weighted by molar-refractivity contribution is 7.92. The van der Waals surface area contributed by atoms with Crippen molar-refractivity contribution in [3.63, 3.8) is 0 Å². The van der Waals surface area contributed by atoms with Crippen LogP contribution in [0.4, 0.5) is 0 Å². The summed E-state index contributed by atoms with van der Waals surface area (Å²) in [4.78, 5) is 0. The molecule has 0 amide bonds. The Balaban J connectivity index is 1.80. The van der Waals surface area contributed by atoms with Gasteiger partial charge in [0.05, 0.1) is 11.0 Å². The first-order valence-corrected chi connectivity index (χ1v) is 9.15. The molecule has 3 unspecified atom stereocenters. The second-order valence-corrected chi connectivity index (χ2v) is 8.81. The minimum Gasteiger partial charge on any atom is -0.313 e. The van der Waals surface area contributed by atoms with Gasteiger partial charge in [-0.15, -0.1) is 0 Å². The van der Waals surface area contributed by atoms with E-state index in [1.165, 1.54) is 25.7 Å². The van der Waals surface area contributed by atoms with Crippen LogP contribution in [0.25, 0.3) is 0 Å². The number of hydrogen-bond acceptors (Lipinski definition) is 3. The molecule has 3 atom stereocenters. The molecule has 106 valence electrons. The second-order valence-electron chi connectivity index (χ2n) is 6.41. The third-order valence-corrected chi connectivity index (χ3v) is 7.03. The van der Waals surface area contributed by atoms with Gasteiger partial charge in [-0.3, -0.25) is 0 Å². The lowest BCUT2D eigenvalue weighted by atomic mass is 9.79. The smallest absolute Gasteiger partial charge is 0.154 e. The maximum absolute atomic E-state index is 11.8. The molecule has 1 heterocycles. The number of rotatable bonds is 4. The second kappa shape index (κ2) is 5.91. The van der Waals surface area contributed by atoms with Crippen LogP contribution in [0.2, 0.25) is 0 Å². The zero-order valence-corrected chi connectivity index (χ0v) is 12.5. The molecule has 0 radical (unpaired) electrons. The summed E-state index contributed by atoms with van der Waals surface area (Å²) in [5.74, 6) is 1.97. The lowest BCUT2D eigenvalue weighted by Gasteiger charge is -2.32. The first-order chi connectivity index (χ1) is 8.49. The van der Waals surface area contributed by atoms with Crippen LogP contribution in [0, 0.1) is 11.8 Å². The molecule has 2 rings (SSSR count). The molecule has 0 bridgehead atoms. The Morgan fingerprint density at radius 2 is 1.94 bits per heavy atom. The average Bonchev–Trinajstić information content (AvgIpc) is 2.66. The molecule has 1 saturated heterocycles. The molecule has 0 aromatic heterocycles. The monoisotopic (exact) mass is 273 g/mol. The molecular formula is C14H27NO2S. The molecule has 3 nitrogen and oxygen atoms in total. The van der Waals surface area contributed by atoms with Crippen LogP contribution >= 0.6 is 0 Å². The highest BCUT2D eigenvalue weighted by Gasteiger charge is 2.32. The molecule has 1 aliphatic carbocycles. The Kier molecular flexibility index (Phi) is 4.70. The summed E-state index contributed by atoms with van der Waals surface area (Å²) in [5, 5.41) is 3.41. The summed E-state index contributed by atoms with van der Waals surface area (Å²) in [6, 6.07) is 0.543. The minimum absolute atomic E-state index is 0.114. The van der Waals surface area contributed by atoms with Crippen molar-refractivity contribution in [3.05, 3.63) is 0 Å². The van der Waals surface area contributed by atoms with Gasteiger partial charge in [-0.25, -0.2) is 8.42 Å². The first kappa shape index (κ1) is 14.3. The molecular weight excluding hydrogens is 246 g/mol. The molecule has 0 aromatic carbocycles. The van der Waals surface area contributed by atoms with Gasteiger partial charge in [0.1, 0.15) is 0 Å². The summed E-state index contributed by atoms with van der Waals surface area (Å²) in [6.45, 7) is 5.28. The summed E-state index contributed by atoms with van der Waals surface area (Å²) < 4.78 is 23.5. The quantitative estimate of drug-likeness (QED) is 0.855. The zero-order valence-electron chi connectivity index (χ0n) is 11.7. The van der Waals surface area contributed by atoms with E-state index in [0.717, 1.165) is 24.7 Å². The van der Waals surface area contributed by atoms with Gasteiger partial charge in [0, 0.05) is 12.6 Å². The molecule has 18 heavy (non-hydrogen) atoms. The molecule has 1 saturated carbocycles. The number of sulfone groups is 1. The van der Waals surface area contributed by atoms with Crippen LogP contribution < -0.4 is 5.32 Å². The Bertz CT molecular complexity index is 364. The van der Waals surface area contributed by atoms with Gasteiger partial charge in [0.25, 0.3) is 0 Å². The predicted octanol–water partition coefficient (Wildman–Crippen LogP) is 2.37. The van der Waals surface area contributed by atoms with E-state index in [9.17, 15) is 8.42 Å². The third-order valence-electron chi connectivity index (χ3n) is 4.75. The minimum atomic E-state index is -2.78. The third kappa shape index (κ3) is 3.47. The van der Waals surface area contributed by atoms with Crippen molar-refractivity contribution in [1.29, 1.82) is 0 Å². The molecule has 1 aliphatic heterocycles. The van der Waals surface area contributed by atoms with Crippen molar-refractivity contribution < 1.29 is 8.42 Å². The van der Waals surface area contributed by atoms with Crippen molar-refractivity contribution in [2.45, 2.75) is 63.7 Å². The van der Waals surface area contributed by atoms with Crippen LogP contribution in [0.15, 0.2) is 0 Å². The Morgan fingerprint density at radius 3 is 2.56 bits per heavy atom. The summed E-state index contributed by atoms with van der Waals surface area (Å²) in [5.41, 5.74) is 0. The van der Waals surface area contributed by atoms with Gasteiger partial charge in [0.2, 0.25) is 0 Å². The Morgan fingerprint density at radius 1 is 1.17 bits per heavy atom. The first-order valence-electron chi connectivity index (χ1n) is 7.44. The van der Waals surface area contributed by atoms with Crippen LogP contribution in [0.3, 0.4) is 0 Å². The fraction of sp³-hybridized carbons (Fsp3) is 1.00. The van der Waals surface area contributed by atoms with Gasteiger partial charge in [0.15, 0.2) is 9.84 Å². The normalized spacial score (nSPS) is 36.1. The number of hydrogen-bond donors (Lipinski definition) is 1. The van der Waals surface area contributed by atoms with Gasteiger partial charge >= 0.3 is 0 Å². The summed E-state index contributed by atoms with van der Waals surface area (Å²) in [7, 11) is -2.78. The van der Waals surface area contributed by atoms with E-state index in [0.29, 0.717) is 18.3 Å². The number of nitrogens with one attached hydrogen (secondary N) is 1. The van der Waals surface area contributed by atoms with Crippen LogP contribution in [-0.2, 0) is 9.84 Å². The molecule has 0 spiro atoms. The fourth-order valence-electron chi connectivity index (χ4n) is 3.40. The van der Waals surface area contributed by atoms with Crippen molar-refractivity contribution >= 4 is 9.84 Å². The average molecular weight is 273 g/mol. The zero-order chi connectivity index (χ0) is 13.2. The van der Waals surface area contributed by atoms with Gasteiger partial charge in [-0.1, -0.05) is 26.7 Å². The van der Waals surface area contributed by atoms with Crippen molar-refractivity contribution in [1.82, 2.24) is 5.32 Å². The van der Waals surface area contributed by atoms with Crippen LogP contribution in [0.5, 0.6) is 0 Å². The highest BCUT2D eigenvalue weighted by atomic mass is 32.2. The van der Waals surface area contributed by atoms with E-state index in [-0.39, 0.29) is 5.25 Å². The summed E-state index contributed by atoms with van der Waals surface area (Å²) >= 11 is 0. The fourth-order valence-corrected chi connectivity index (χ4v) is 5.18. The van der Waals surface area contributed by atoms with Gasteiger partial charge in [-0.2, -0.15) is 0 Å². The van der Waals surface area contributed by atoms with E-state index < -0.39 is 9.84 Å². The largest absolute Gasteiger partial charge is 0.313 e. The Hall–Kier alpha value is -0.0900. The van der Waals surface area contributed by atoms with E-state index in [1.54, 1.807) is 0 Å². The Labute approximate surface area is 112 Å². The van der Waals surface area contributed by atoms with E-state index in [4.69, 9.17) is 0 Å². The van der Waals surface area contributed by atoms with E-state index in [2.05, 4.69) is 19.2 Å². The van der Waals surface area contributed by atoms with Crippen molar-refractivity contribution in [3.8, 4) is 0 Å². The van der Waals surface area contributed by atoms with Crippen LogP contribution in [0.1, 0.15) is 52.4 Å². The van der Waals surface area contributed by atoms with E-state index >= 15 is 0 Å². The molecule has 2 aliphatic rings. The van der Waals surface area contributed by atoms with Crippen LogP contribution in [-0.4, -0.2) is 32.0 Å². The lowest BCUT2D eigenvalue weighted by molar-refractivity contribution is 0.231. The highest BCUT2D eigenvalue weighted by Crippen LogP contribution is 2.30. The maximum atomic E-state index is 11.8. The SMILES string of the molecule is CC(C)C1CCCC(NCC2CCCS2(=O)=O)C1. The van der Waals surface area contributed by atoms with Gasteiger partial charge < -0.3 is 5.32 Å². The van der Waals surface area contributed by atoms with E-state index in [1.807, 2.05) is 0 Å². The molecule has 0 aromatic rings. The standard InChI is InChI=1S/C14H27NO2S/c1-11(2)12-5-3-6-13(9-12)15-10-14-7-4-8-18(14,16)17/h11-15H,3-10H2,1-2H3. The lowest BCUT2D eigenvalue weighted by Crippen LogP contribution is -2.40. The summed E-state index contributed by atoms with van der Waals surface area (Å²) in [6.07, 6.45) is 6.79. The molecule has 1 N–H and O–H groups in total. The molecule has 2 fully saturated rings. The predicted molar refractivity (Wildman–Crippen MR) is 75.4 cm³/mol. The van der Waals surface area contributed by atoms with Crippen molar-refractivity contribution in [2.75, 3.05) is 12.3 Å². The molecule has 4 heteroatoms. The van der Waals surface area contributed by atoms with Gasteiger partial charge in [-0.05, 0) is 37.5 Å². The topological polar surface area (TPSA) is 46.2 Å².